The summed E-state index contributed by atoms with van der Waals surface area (Å²) in [6.45, 7) is 5.55. The minimum absolute atomic E-state index is 0. The zero-order valence-corrected chi connectivity index (χ0v) is 19.3. The Labute approximate surface area is 181 Å². The lowest BCUT2D eigenvalue weighted by Gasteiger charge is -2.22. The maximum absolute atomic E-state index is 13.3. The Balaban J connectivity index is 0.00000280. The summed E-state index contributed by atoms with van der Waals surface area (Å²) in [7, 11) is 4.04. The van der Waals surface area contributed by atoms with Crippen molar-refractivity contribution in [3.05, 3.63) is 53.1 Å². The van der Waals surface area contributed by atoms with E-state index in [4.69, 9.17) is 4.98 Å². The van der Waals surface area contributed by atoms with E-state index in [-0.39, 0.29) is 18.3 Å². The monoisotopic (exact) mass is 435 g/mol. The summed E-state index contributed by atoms with van der Waals surface area (Å²) < 4.78 is 1.16. The molecule has 0 aliphatic carbocycles. The molecule has 1 aromatic heterocycles. The number of halogens is 1. The van der Waals surface area contributed by atoms with Crippen LogP contribution in [0, 0.1) is 13.8 Å². The second kappa shape index (κ2) is 9.74. The van der Waals surface area contributed by atoms with Crippen molar-refractivity contribution in [1.29, 1.82) is 0 Å². The number of rotatable bonds is 6. The molecular weight excluding hydrogens is 410 g/mol. The van der Waals surface area contributed by atoms with Gasteiger partial charge < -0.3 is 4.90 Å². The molecule has 0 bridgehead atoms. The van der Waals surface area contributed by atoms with Crippen molar-refractivity contribution < 1.29 is 4.79 Å². The van der Waals surface area contributed by atoms with Crippen LogP contribution in [0.1, 0.15) is 21.5 Å². The molecular formula is C21H26ClN3OS2. The first kappa shape index (κ1) is 22.7. The van der Waals surface area contributed by atoms with Gasteiger partial charge in [-0.15, -0.1) is 24.2 Å². The number of likely N-dealkylation sites (N-methyl/N-ethyl adjacent to an activating group) is 1. The van der Waals surface area contributed by atoms with Crippen LogP contribution < -0.4 is 4.90 Å². The number of fused-ring (bicyclic) bond motifs is 1. The van der Waals surface area contributed by atoms with Crippen LogP contribution in [0.2, 0.25) is 0 Å². The second-order valence-corrected chi connectivity index (χ2v) is 8.72. The third kappa shape index (κ3) is 4.87. The molecule has 0 radical (unpaired) electrons. The summed E-state index contributed by atoms with van der Waals surface area (Å²) in [4.78, 5) is 23.2. The number of thioether (sulfide) groups is 1. The van der Waals surface area contributed by atoms with Crippen molar-refractivity contribution in [2.75, 3.05) is 38.3 Å². The molecule has 4 nitrogen and oxygen atoms in total. The molecule has 0 unspecified atom stereocenters. The van der Waals surface area contributed by atoms with E-state index in [0.29, 0.717) is 12.1 Å². The van der Waals surface area contributed by atoms with Crippen LogP contribution in [0.4, 0.5) is 5.13 Å². The number of amides is 1. The van der Waals surface area contributed by atoms with E-state index in [1.807, 2.05) is 49.5 Å². The van der Waals surface area contributed by atoms with Gasteiger partial charge in [0.25, 0.3) is 5.91 Å². The minimum atomic E-state index is 0. The smallest absolute Gasteiger partial charge is 0.260 e. The molecule has 1 heterocycles. The lowest BCUT2D eigenvalue weighted by atomic mass is 10.1. The van der Waals surface area contributed by atoms with Gasteiger partial charge in [0, 0.05) is 23.5 Å². The number of aromatic nitrogens is 1. The number of benzene rings is 2. The van der Waals surface area contributed by atoms with Crippen molar-refractivity contribution in [2.24, 2.45) is 0 Å². The molecule has 0 spiro atoms. The highest BCUT2D eigenvalue weighted by Crippen LogP contribution is 2.33. The fraction of sp³-hybridized carbons (Fsp3) is 0.333. The topological polar surface area (TPSA) is 36.4 Å². The van der Waals surface area contributed by atoms with Crippen LogP contribution in [0.5, 0.6) is 0 Å². The fourth-order valence-electron chi connectivity index (χ4n) is 2.86. The van der Waals surface area contributed by atoms with Gasteiger partial charge in [-0.3, -0.25) is 9.69 Å². The lowest BCUT2D eigenvalue weighted by molar-refractivity contribution is 0.0985. The Bertz CT molecular complexity index is 932. The number of hydrogen-bond acceptors (Lipinski definition) is 5. The summed E-state index contributed by atoms with van der Waals surface area (Å²) in [5.74, 6) is 0.00196. The molecule has 28 heavy (non-hydrogen) atoms. The van der Waals surface area contributed by atoms with Crippen molar-refractivity contribution in [3.8, 4) is 0 Å². The third-order valence-electron chi connectivity index (χ3n) is 4.49. The van der Waals surface area contributed by atoms with Crippen molar-refractivity contribution >= 4 is 56.8 Å². The Hall–Kier alpha value is -1.60. The Morgan fingerprint density at radius 2 is 1.82 bits per heavy atom. The molecule has 0 aliphatic rings. The van der Waals surface area contributed by atoms with Crippen LogP contribution in [0.15, 0.2) is 41.3 Å². The molecule has 0 aliphatic heterocycles. The van der Waals surface area contributed by atoms with Gasteiger partial charge in [-0.25, -0.2) is 4.98 Å². The lowest BCUT2D eigenvalue weighted by Crippen LogP contribution is -2.36. The number of aryl methyl sites for hydroxylation is 2. The first-order valence-electron chi connectivity index (χ1n) is 8.88. The van der Waals surface area contributed by atoms with E-state index in [1.54, 1.807) is 23.1 Å². The molecule has 0 fully saturated rings. The maximum Gasteiger partial charge on any atom is 0.260 e. The fourth-order valence-corrected chi connectivity index (χ4v) is 4.46. The highest BCUT2D eigenvalue weighted by atomic mass is 35.5. The molecule has 2 aromatic carbocycles. The predicted molar refractivity (Wildman–Crippen MR) is 125 cm³/mol. The van der Waals surface area contributed by atoms with E-state index in [1.165, 1.54) is 5.56 Å². The van der Waals surface area contributed by atoms with Gasteiger partial charge in [-0.1, -0.05) is 29.5 Å². The Morgan fingerprint density at radius 1 is 1.11 bits per heavy atom. The number of carbonyl (C=O) groups is 1. The minimum Gasteiger partial charge on any atom is -0.308 e. The molecule has 3 aromatic rings. The first-order chi connectivity index (χ1) is 12.9. The first-order valence-corrected chi connectivity index (χ1v) is 10.9. The zero-order valence-electron chi connectivity index (χ0n) is 16.9. The summed E-state index contributed by atoms with van der Waals surface area (Å²) >= 11 is 3.24. The van der Waals surface area contributed by atoms with E-state index < -0.39 is 0 Å². The van der Waals surface area contributed by atoms with E-state index >= 15 is 0 Å². The molecule has 1 amide bonds. The molecule has 7 heteroatoms. The van der Waals surface area contributed by atoms with E-state index in [9.17, 15) is 4.79 Å². The highest BCUT2D eigenvalue weighted by molar-refractivity contribution is 7.98. The standard InChI is InChI=1S/C21H25N3OS2.ClH/c1-14-9-10-15(2)19-18(14)22-21(27-19)24(12-11-23(3)4)20(25)16-7-6-8-17(13-16)26-5;/h6-10,13H,11-12H2,1-5H3;1H. The average Bonchev–Trinajstić information content (AvgIpc) is 3.11. The number of hydrogen-bond donors (Lipinski definition) is 0. The van der Waals surface area contributed by atoms with Gasteiger partial charge in [0.2, 0.25) is 0 Å². The van der Waals surface area contributed by atoms with Crippen LogP contribution in [-0.2, 0) is 0 Å². The van der Waals surface area contributed by atoms with Gasteiger partial charge in [0.1, 0.15) is 0 Å². The number of nitrogens with zero attached hydrogens (tertiary/aromatic N) is 3. The number of carbonyl (C=O) groups excluding carboxylic acids is 1. The summed E-state index contributed by atoms with van der Waals surface area (Å²) in [5.41, 5.74) is 4.04. The molecule has 0 saturated heterocycles. The molecule has 0 N–H and O–H groups in total. The largest absolute Gasteiger partial charge is 0.308 e. The summed E-state index contributed by atoms with van der Waals surface area (Å²) in [5, 5.41) is 0.767. The quantitative estimate of drug-likeness (QED) is 0.494. The number of anilines is 1. The Morgan fingerprint density at radius 3 is 2.46 bits per heavy atom. The van der Waals surface area contributed by atoms with Crippen LogP contribution in [0.25, 0.3) is 10.2 Å². The van der Waals surface area contributed by atoms with Crippen molar-refractivity contribution in [3.63, 3.8) is 0 Å². The third-order valence-corrected chi connectivity index (χ3v) is 6.43. The van der Waals surface area contributed by atoms with E-state index in [2.05, 4.69) is 30.9 Å². The number of thiazole rings is 1. The molecule has 0 saturated carbocycles. The van der Waals surface area contributed by atoms with Crippen LogP contribution in [-0.4, -0.2) is 49.2 Å². The summed E-state index contributed by atoms with van der Waals surface area (Å²) in [6.07, 6.45) is 2.02. The SMILES string of the molecule is CSc1cccc(C(=O)N(CCN(C)C)c2nc3c(C)ccc(C)c3s2)c1.Cl. The highest BCUT2D eigenvalue weighted by Gasteiger charge is 2.22. The van der Waals surface area contributed by atoms with Gasteiger partial charge >= 0.3 is 0 Å². The second-order valence-electron chi connectivity index (χ2n) is 6.87. The van der Waals surface area contributed by atoms with Crippen molar-refractivity contribution in [1.82, 2.24) is 9.88 Å². The normalized spacial score (nSPS) is 10.9. The maximum atomic E-state index is 13.3. The van der Waals surface area contributed by atoms with Crippen LogP contribution >= 0.6 is 35.5 Å². The van der Waals surface area contributed by atoms with Gasteiger partial charge in [0.05, 0.1) is 10.2 Å². The molecule has 3 rings (SSSR count). The van der Waals surface area contributed by atoms with Crippen LogP contribution in [0.3, 0.4) is 0 Å². The predicted octanol–water partition coefficient (Wildman–Crippen LogP) is 5.27. The summed E-state index contributed by atoms with van der Waals surface area (Å²) in [6, 6.07) is 12.0. The Kier molecular flexibility index (Phi) is 7.89. The zero-order chi connectivity index (χ0) is 19.6. The van der Waals surface area contributed by atoms with Crippen molar-refractivity contribution in [2.45, 2.75) is 18.7 Å². The van der Waals surface area contributed by atoms with E-state index in [0.717, 1.165) is 32.4 Å². The van der Waals surface area contributed by atoms with Gasteiger partial charge in [0.15, 0.2) is 5.13 Å². The molecule has 150 valence electrons. The average molecular weight is 436 g/mol. The van der Waals surface area contributed by atoms with Gasteiger partial charge in [-0.2, -0.15) is 0 Å². The molecule has 0 atom stereocenters. The van der Waals surface area contributed by atoms with Gasteiger partial charge in [-0.05, 0) is 63.5 Å².